The van der Waals surface area contributed by atoms with Gasteiger partial charge in [0.25, 0.3) is 10.0 Å². The summed E-state index contributed by atoms with van der Waals surface area (Å²) in [5.41, 5.74) is 0.727. The maximum Gasteiger partial charge on any atom is 0.264 e. The van der Waals surface area contributed by atoms with E-state index in [-0.39, 0.29) is 35.5 Å². The van der Waals surface area contributed by atoms with Crippen molar-refractivity contribution in [3.05, 3.63) is 82.3 Å². The fourth-order valence-electron chi connectivity index (χ4n) is 4.49. The Labute approximate surface area is 275 Å². The van der Waals surface area contributed by atoms with Gasteiger partial charge in [0.05, 0.1) is 17.2 Å². The van der Waals surface area contributed by atoms with Crippen LogP contribution in [-0.4, -0.2) is 56.6 Å². The Balaban J connectivity index is 2.11. The molecule has 3 aromatic carbocycles. The minimum absolute atomic E-state index is 0.0271. The fourth-order valence-corrected chi connectivity index (χ4v) is 6.83. The van der Waals surface area contributed by atoms with Crippen molar-refractivity contribution in [2.75, 3.05) is 23.7 Å². The van der Waals surface area contributed by atoms with E-state index in [9.17, 15) is 18.0 Å². The van der Waals surface area contributed by atoms with Gasteiger partial charge in [0, 0.05) is 33.1 Å². The highest BCUT2D eigenvalue weighted by Gasteiger charge is 2.34. The zero-order valence-corrected chi connectivity index (χ0v) is 28.7. The van der Waals surface area contributed by atoms with Gasteiger partial charge in [-0.1, -0.05) is 43.1 Å². The topological polar surface area (TPSA) is 96.0 Å². The van der Waals surface area contributed by atoms with Crippen molar-refractivity contribution in [3.8, 4) is 5.75 Å². The maximum atomic E-state index is 14.3. The Morgan fingerprint density at radius 1 is 0.932 bits per heavy atom. The smallest absolute Gasteiger partial charge is 0.264 e. The number of halogens is 2. The van der Waals surface area contributed by atoms with Crippen molar-refractivity contribution in [2.24, 2.45) is 0 Å². The van der Waals surface area contributed by atoms with E-state index in [2.05, 4.69) is 5.32 Å². The SMILES string of the molecule is CCOc1ccc(N(CC(=O)N(Cc2c(Cl)cccc2Cl)[C@@H](CC)C(=O)N[C@@H](C)CC)S(=O)(=O)c2ccc(SC)cc2)cc1. The van der Waals surface area contributed by atoms with Crippen LogP contribution in [0.4, 0.5) is 5.69 Å². The molecule has 3 rings (SSSR count). The summed E-state index contributed by atoms with van der Waals surface area (Å²) < 4.78 is 34.8. The highest BCUT2D eigenvalue weighted by Crippen LogP contribution is 2.30. The molecule has 2 amide bonds. The molecule has 0 aromatic heterocycles. The molecule has 3 aromatic rings. The minimum atomic E-state index is -4.21. The second-order valence-corrected chi connectivity index (χ2v) is 13.6. The Morgan fingerprint density at radius 3 is 2.07 bits per heavy atom. The first-order chi connectivity index (χ1) is 21.0. The van der Waals surface area contributed by atoms with Crippen LogP contribution in [0.15, 0.2) is 76.5 Å². The van der Waals surface area contributed by atoms with Gasteiger partial charge in [0.2, 0.25) is 11.8 Å². The summed E-state index contributed by atoms with van der Waals surface area (Å²) in [6, 6.07) is 16.9. The largest absolute Gasteiger partial charge is 0.494 e. The van der Waals surface area contributed by atoms with Crippen LogP contribution in [0.25, 0.3) is 0 Å². The lowest BCUT2D eigenvalue weighted by atomic mass is 10.1. The lowest BCUT2D eigenvalue weighted by Crippen LogP contribution is -2.53. The highest BCUT2D eigenvalue weighted by molar-refractivity contribution is 7.98. The number of nitrogens with zero attached hydrogens (tertiary/aromatic N) is 2. The molecule has 0 fully saturated rings. The fraction of sp³-hybridized carbons (Fsp3) is 0.375. The number of hydrogen-bond donors (Lipinski definition) is 1. The molecular weight excluding hydrogens is 641 g/mol. The van der Waals surface area contributed by atoms with Gasteiger partial charge in [0.1, 0.15) is 18.3 Å². The molecule has 1 N–H and O–H groups in total. The lowest BCUT2D eigenvalue weighted by Gasteiger charge is -2.34. The summed E-state index contributed by atoms with van der Waals surface area (Å²) in [5.74, 6) is -0.376. The average Bonchev–Trinajstić information content (AvgIpc) is 3.01. The Kier molecular flexibility index (Phi) is 13.3. The number of carbonyl (C=O) groups excluding carboxylic acids is 2. The average molecular weight is 681 g/mol. The van der Waals surface area contributed by atoms with Crippen LogP contribution >= 0.6 is 35.0 Å². The highest BCUT2D eigenvalue weighted by atomic mass is 35.5. The van der Waals surface area contributed by atoms with E-state index in [0.29, 0.717) is 34.4 Å². The molecule has 0 heterocycles. The zero-order chi connectivity index (χ0) is 32.4. The van der Waals surface area contributed by atoms with Gasteiger partial charge in [-0.15, -0.1) is 11.8 Å². The van der Waals surface area contributed by atoms with Crippen molar-refractivity contribution >= 4 is 62.5 Å². The minimum Gasteiger partial charge on any atom is -0.494 e. The second kappa shape index (κ2) is 16.4. The molecule has 0 saturated carbocycles. The van der Waals surface area contributed by atoms with E-state index in [1.807, 2.05) is 27.0 Å². The maximum absolute atomic E-state index is 14.3. The molecule has 44 heavy (non-hydrogen) atoms. The molecule has 0 spiro atoms. The summed E-state index contributed by atoms with van der Waals surface area (Å²) in [7, 11) is -4.21. The number of rotatable bonds is 15. The zero-order valence-electron chi connectivity index (χ0n) is 25.5. The first-order valence-corrected chi connectivity index (χ1v) is 17.8. The summed E-state index contributed by atoms with van der Waals surface area (Å²) in [6.07, 6.45) is 2.88. The lowest BCUT2D eigenvalue weighted by molar-refractivity contribution is -0.140. The van der Waals surface area contributed by atoms with Gasteiger partial charge in [-0.25, -0.2) is 8.42 Å². The standard InChI is InChI=1S/C32H39Cl2N3O5S2/c1-6-22(4)35-32(39)30(7-2)36(20-27-28(33)10-9-11-29(27)34)31(38)21-37(23-12-14-24(15-13-23)42-8-3)44(40,41)26-18-16-25(43-5)17-19-26/h9-19,22,30H,6-8,20-21H2,1-5H3,(H,35,39)/t22-,30-/m0/s1. The number of sulfonamides is 1. The van der Waals surface area contributed by atoms with Crippen molar-refractivity contribution in [3.63, 3.8) is 0 Å². The van der Waals surface area contributed by atoms with E-state index in [1.54, 1.807) is 61.5 Å². The second-order valence-electron chi connectivity index (χ2n) is 10.1. The van der Waals surface area contributed by atoms with E-state index in [0.717, 1.165) is 9.20 Å². The third kappa shape index (κ3) is 8.84. The summed E-state index contributed by atoms with van der Waals surface area (Å²) in [6.45, 7) is 7.25. The van der Waals surface area contributed by atoms with Crippen molar-refractivity contribution < 1.29 is 22.7 Å². The molecular formula is C32H39Cl2N3O5S2. The Morgan fingerprint density at radius 2 is 1.55 bits per heavy atom. The number of nitrogens with one attached hydrogen (secondary N) is 1. The number of hydrogen-bond acceptors (Lipinski definition) is 6. The quantitative estimate of drug-likeness (QED) is 0.173. The van der Waals surface area contributed by atoms with Crippen LogP contribution in [-0.2, 0) is 26.2 Å². The molecule has 0 unspecified atom stereocenters. The summed E-state index contributed by atoms with van der Waals surface area (Å²) >= 11 is 14.5. The van der Waals surface area contributed by atoms with Gasteiger partial charge in [-0.2, -0.15) is 0 Å². The normalized spacial score (nSPS) is 12.7. The molecule has 2 atom stereocenters. The molecule has 0 radical (unpaired) electrons. The van der Waals surface area contributed by atoms with Crippen LogP contribution in [0.3, 0.4) is 0 Å². The molecule has 0 bridgehead atoms. The molecule has 12 heteroatoms. The van der Waals surface area contributed by atoms with Gasteiger partial charge >= 0.3 is 0 Å². The van der Waals surface area contributed by atoms with E-state index >= 15 is 0 Å². The summed E-state index contributed by atoms with van der Waals surface area (Å²) in [5, 5.41) is 3.62. The molecule has 0 aliphatic rings. The van der Waals surface area contributed by atoms with Crippen LogP contribution in [0.5, 0.6) is 5.75 Å². The van der Waals surface area contributed by atoms with Crippen molar-refractivity contribution in [1.82, 2.24) is 10.2 Å². The Bertz CT molecular complexity index is 1500. The Hall–Kier alpha value is -2.92. The van der Waals surface area contributed by atoms with E-state index in [4.69, 9.17) is 27.9 Å². The number of thioether (sulfide) groups is 1. The van der Waals surface area contributed by atoms with Gasteiger partial charge < -0.3 is 15.0 Å². The number of amides is 2. The monoisotopic (exact) mass is 679 g/mol. The third-order valence-corrected chi connectivity index (χ3v) is 10.4. The van der Waals surface area contributed by atoms with E-state index < -0.39 is 28.5 Å². The number of ether oxygens (including phenoxy) is 1. The first kappa shape index (κ1) is 35.6. The predicted octanol–water partition coefficient (Wildman–Crippen LogP) is 7.03. The molecule has 8 nitrogen and oxygen atoms in total. The van der Waals surface area contributed by atoms with Crippen LogP contribution in [0, 0.1) is 0 Å². The molecule has 0 saturated heterocycles. The van der Waals surface area contributed by atoms with Gasteiger partial charge in [-0.05, 0) is 93.6 Å². The first-order valence-electron chi connectivity index (χ1n) is 14.4. The number of anilines is 1. The summed E-state index contributed by atoms with van der Waals surface area (Å²) in [4.78, 5) is 30.0. The number of benzene rings is 3. The number of carbonyl (C=O) groups is 2. The van der Waals surface area contributed by atoms with Crippen molar-refractivity contribution in [2.45, 2.75) is 69.0 Å². The van der Waals surface area contributed by atoms with Crippen LogP contribution in [0.2, 0.25) is 10.0 Å². The molecule has 238 valence electrons. The van der Waals surface area contributed by atoms with Crippen molar-refractivity contribution in [1.29, 1.82) is 0 Å². The third-order valence-electron chi connectivity index (χ3n) is 7.14. The van der Waals surface area contributed by atoms with Gasteiger partial charge in [-0.3, -0.25) is 13.9 Å². The van der Waals surface area contributed by atoms with E-state index in [1.165, 1.54) is 28.8 Å². The molecule has 0 aliphatic carbocycles. The predicted molar refractivity (Wildman–Crippen MR) is 179 cm³/mol. The van der Waals surface area contributed by atoms with Gasteiger partial charge in [0.15, 0.2) is 0 Å². The molecule has 0 aliphatic heterocycles. The van der Waals surface area contributed by atoms with Crippen LogP contribution in [0.1, 0.15) is 46.1 Å². The van der Waals surface area contributed by atoms with Crippen LogP contribution < -0.4 is 14.4 Å².